The molecule has 0 spiro atoms. The van der Waals surface area contributed by atoms with Gasteiger partial charge in [-0.05, 0) is 56.7 Å². The van der Waals surface area contributed by atoms with Crippen molar-refractivity contribution in [1.29, 1.82) is 0 Å². The quantitative estimate of drug-likeness (QED) is 0.710. The molecular formula is C24H32N2O2. The molecule has 1 heterocycles. The summed E-state index contributed by atoms with van der Waals surface area (Å²) in [7, 11) is 0. The Morgan fingerprint density at radius 2 is 1.93 bits per heavy atom. The highest BCUT2D eigenvalue weighted by Gasteiger charge is 2.29. The lowest BCUT2D eigenvalue weighted by Crippen LogP contribution is -2.42. The number of nitrogens with two attached hydrogens (primary N) is 1. The van der Waals surface area contributed by atoms with E-state index in [4.69, 9.17) is 10.5 Å². The van der Waals surface area contributed by atoms with Crippen LogP contribution in [0.1, 0.15) is 67.1 Å². The monoisotopic (exact) mass is 380 g/mol. The molecule has 4 heteroatoms. The highest BCUT2D eigenvalue weighted by atomic mass is 16.5. The summed E-state index contributed by atoms with van der Waals surface area (Å²) < 4.78 is 6.02. The van der Waals surface area contributed by atoms with Crippen LogP contribution in [0.3, 0.4) is 0 Å². The Hall–Kier alpha value is -2.33. The number of hydrogen-bond acceptors (Lipinski definition) is 3. The Balaban J connectivity index is 2.01. The first-order valence-electron chi connectivity index (χ1n) is 10.5. The molecule has 1 saturated heterocycles. The van der Waals surface area contributed by atoms with Gasteiger partial charge in [0.2, 0.25) is 5.91 Å². The number of benzene rings is 2. The molecule has 0 radical (unpaired) electrons. The molecule has 3 rings (SSSR count). The fourth-order valence-electron chi connectivity index (χ4n) is 4.38. The highest BCUT2D eigenvalue weighted by Crippen LogP contribution is 2.37. The maximum absolute atomic E-state index is 12.2. The van der Waals surface area contributed by atoms with E-state index in [1.54, 1.807) is 0 Å². The predicted octanol–water partition coefficient (Wildman–Crippen LogP) is 4.87. The van der Waals surface area contributed by atoms with Gasteiger partial charge in [0, 0.05) is 36.0 Å². The van der Waals surface area contributed by atoms with Crippen LogP contribution >= 0.6 is 0 Å². The molecule has 1 aliphatic rings. The number of primary amides is 1. The SMILES string of the molecule is CCOC(CC)c1c(C(N)=O)cccc1N1CCCCC1Cc1ccccc1. The molecule has 0 bridgehead atoms. The first kappa shape index (κ1) is 20.4. The van der Waals surface area contributed by atoms with Crippen LogP contribution < -0.4 is 10.6 Å². The Labute approximate surface area is 168 Å². The molecule has 0 saturated carbocycles. The third-order valence-electron chi connectivity index (χ3n) is 5.66. The molecular weight excluding hydrogens is 348 g/mol. The lowest BCUT2D eigenvalue weighted by molar-refractivity contribution is 0.0589. The fourth-order valence-corrected chi connectivity index (χ4v) is 4.38. The summed E-state index contributed by atoms with van der Waals surface area (Å²) >= 11 is 0. The van der Waals surface area contributed by atoms with Gasteiger partial charge in [-0.1, -0.05) is 43.3 Å². The fraction of sp³-hybridized carbons (Fsp3) is 0.458. The Kier molecular flexibility index (Phi) is 7.10. The molecule has 1 fully saturated rings. The molecule has 0 aliphatic carbocycles. The molecule has 2 aromatic carbocycles. The number of carbonyl (C=O) groups excluding carboxylic acids is 1. The first-order valence-corrected chi connectivity index (χ1v) is 10.5. The lowest BCUT2D eigenvalue weighted by Gasteiger charge is -2.40. The summed E-state index contributed by atoms with van der Waals surface area (Å²) in [5.74, 6) is -0.383. The lowest BCUT2D eigenvalue weighted by atomic mass is 9.91. The van der Waals surface area contributed by atoms with Crippen LogP contribution in [0.4, 0.5) is 5.69 Å². The van der Waals surface area contributed by atoms with Crippen LogP contribution in [0.2, 0.25) is 0 Å². The number of carbonyl (C=O) groups is 1. The summed E-state index contributed by atoms with van der Waals surface area (Å²) in [5.41, 5.74) is 9.75. The average molecular weight is 381 g/mol. The number of anilines is 1. The summed E-state index contributed by atoms with van der Waals surface area (Å²) in [6, 6.07) is 17.0. The van der Waals surface area contributed by atoms with Crippen LogP contribution in [0.25, 0.3) is 0 Å². The minimum Gasteiger partial charge on any atom is -0.374 e. The zero-order chi connectivity index (χ0) is 19.9. The largest absolute Gasteiger partial charge is 0.374 e. The van der Waals surface area contributed by atoms with Gasteiger partial charge in [-0.15, -0.1) is 0 Å². The van der Waals surface area contributed by atoms with Crippen molar-refractivity contribution in [2.45, 2.75) is 58.1 Å². The van der Waals surface area contributed by atoms with Crippen molar-refractivity contribution in [3.63, 3.8) is 0 Å². The van der Waals surface area contributed by atoms with E-state index >= 15 is 0 Å². The topological polar surface area (TPSA) is 55.6 Å². The van der Waals surface area contributed by atoms with E-state index in [1.165, 1.54) is 12.0 Å². The second kappa shape index (κ2) is 9.74. The van der Waals surface area contributed by atoms with Crippen molar-refractivity contribution in [1.82, 2.24) is 0 Å². The summed E-state index contributed by atoms with van der Waals surface area (Å²) in [6.07, 6.45) is 5.25. The second-order valence-corrected chi connectivity index (χ2v) is 7.49. The highest BCUT2D eigenvalue weighted by molar-refractivity contribution is 5.96. The van der Waals surface area contributed by atoms with Crippen LogP contribution in [0.5, 0.6) is 0 Å². The molecule has 0 aromatic heterocycles. The van der Waals surface area contributed by atoms with E-state index in [0.717, 1.165) is 43.5 Å². The Morgan fingerprint density at radius 3 is 2.61 bits per heavy atom. The molecule has 2 atom stereocenters. The number of piperidine rings is 1. The molecule has 2 aromatic rings. The van der Waals surface area contributed by atoms with Crippen molar-refractivity contribution < 1.29 is 9.53 Å². The smallest absolute Gasteiger partial charge is 0.249 e. The standard InChI is InChI=1S/C24H32N2O2/c1-3-22(28-4-2)23-20(24(25)27)14-10-15-21(23)26-16-9-8-13-19(26)17-18-11-6-5-7-12-18/h5-7,10-12,14-15,19,22H,3-4,8-9,13,16-17H2,1-2H3,(H2,25,27). The number of rotatable bonds is 8. The third kappa shape index (κ3) is 4.56. The first-order chi connectivity index (χ1) is 13.7. The number of ether oxygens (including phenoxy) is 1. The maximum Gasteiger partial charge on any atom is 0.249 e. The zero-order valence-electron chi connectivity index (χ0n) is 17.1. The van der Waals surface area contributed by atoms with E-state index in [0.29, 0.717) is 18.2 Å². The van der Waals surface area contributed by atoms with Crippen LogP contribution in [-0.4, -0.2) is 25.1 Å². The Morgan fingerprint density at radius 1 is 1.14 bits per heavy atom. The van der Waals surface area contributed by atoms with E-state index in [1.807, 2.05) is 19.1 Å². The molecule has 2 N–H and O–H groups in total. The molecule has 1 amide bonds. The molecule has 150 valence electrons. The molecule has 1 aliphatic heterocycles. The van der Waals surface area contributed by atoms with Gasteiger partial charge in [0.05, 0.1) is 6.10 Å². The van der Waals surface area contributed by atoms with E-state index in [-0.39, 0.29) is 12.0 Å². The van der Waals surface area contributed by atoms with Crippen LogP contribution in [-0.2, 0) is 11.2 Å². The van der Waals surface area contributed by atoms with Gasteiger partial charge < -0.3 is 15.4 Å². The zero-order valence-corrected chi connectivity index (χ0v) is 17.1. The van der Waals surface area contributed by atoms with Gasteiger partial charge in [0.15, 0.2) is 0 Å². The third-order valence-corrected chi connectivity index (χ3v) is 5.66. The molecule has 4 nitrogen and oxygen atoms in total. The van der Waals surface area contributed by atoms with Crippen LogP contribution in [0, 0.1) is 0 Å². The van der Waals surface area contributed by atoms with Crippen molar-refractivity contribution >= 4 is 11.6 Å². The van der Waals surface area contributed by atoms with Gasteiger partial charge >= 0.3 is 0 Å². The maximum atomic E-state index is 12.2. The number of amides is 1. The normalized spacial score (nSPS) is 18.1. The van der Waals surface area contributed by atoms with E-state index in [9.17, 15) is 4.79 Å². The van der Waals surface area contributed by atoms with Crippen molar-refractivity contribution in [3.8, 4) is 0 Å². The molecule has 2 unspecified atom stereocenters. The summed E-state index contributed by atoms with van der Waals surface area (Å²) in [4.78, 5) is 14.7. The number of nitrogens with zero attached hydrogens (tertiary/aromatic N) is 1. The van der Waals surface area contributed by atoms with Gasteiger partial charge in [-0.25, -0.2) is 0 Å². The average Bonchev–Trinajstić information content (AvgIpc) is 2.73. The predicted molar refractivity (Wildman–Crippen MR) is 115 cm³/mol. The van der Waals surface area contributed by atoms with Gasteiger partial charge in [0.25, 0.3) is 0 Å². The van der Waals surface area contributed by atoms with Gasteiger partial charge in [-0.3, -0.25) is 4.79 Å². The van der Waals surface area contributed by atoms with Crippen LogP contribution in [0.15, 0.2) is 48.5 Å². The van der Waals surface area contributed by atoms with Crippen molar-refractivity contribution in [2.75, 3.05) is 18.1 Å². The summed E-state index contributed by atoms with van der Waals surface area (Å²) in [5, 5.41) is 0. The molecule has 28 heavy (non-hydrogen) atoms. The van der Waals surface area contributed by atoms with Gasteiger partial charge in [0.1, 0.15) is 0 Å². The second-order valence-electron chi connectivity index (χ2n) is 7.49. The Bertz CT molecular complexity index is 775. The summed E-state index contributed by atoms with van der Waals surface area (Å²) in [6.45, 7) is 5.70. The van der Waals surface area contributed by atoms with Crippen molar-refractivity contribution in [3.05, 3.63) is 65.2 Å². The van der Waals surface area contributed by atoms with Crippen molar-refractivity contribution in [2.24, 2.45) is 5.73 Å². The minimum absolute atomic E-state index is 0.122. The van der Waals surface area contributed by atoms with E-state index < -0.39 is 0 Å². The number of hydrogen-bond donors (Lipinski definition) is 1. The minimum atomic E-state index is -0.383. The van der Waals surface area contributed by atoms with Gasteiger partial charge in [-0.2, -0.15) is 0 Å². The van der Waals surface area contributed by atoms with E-state index in [2.05, 4.69) is 48.2 Å².